The number of likely N-dealkylation sites (tertiary alicyclic amines) is 1. The van der Waals surface area contributed by atoms with Gasteiger partial charge in [0.05, 0.1) is 12.2 Å². The van der Waals surface area contributed by atoms with Crippen LogP contribution < -0.4 is 0 Å². The Balaban J connectivity index is 1.68. The number of carboxylic acids is 1. The number of nitrogens with zero attached hydrogens (tertiary/aromatic N) is 1. The fraction of sp³-hybridized carbons (Fsp3) is 0.375. The zero-order valence-corrected chi connectivity index (χ0v) is 16.9. The average Bonchev–Trinajstić information content (AvgIpc) is 3.21. The summed E-state index contributed by atoms with van der Waals surface area (Å²) in [4.78, 5) is 17.0. The molecule has 0 saturated carbocycles. The first-order chi connectivity index (χ1) is 14.0. The quantitative estimate of drug-likeness (QED) is 0.609. The van der Waals surface area contributed by atoms with Crippen molar-refractivity contribution in [1.82, 2.24) is 9.88 Å². The second-order valence-electron chi connectivity index (χ2n) is 8.21. The number of rotatable bonds is 5. The van der Waals surface area contributed by atoms with Crippen LogP contribution in [0.15, 0.2) is 42.6 Å². The van der Waals surface area contributed by atoms with Crippen LogP contribution in [0, 0.1) is 19.8 Å². The number of hydrogen-bond donors (Lipinski definition) is 2. The van der Waals surface area contributed by atoms with Gasteiger partial charge in [-0.3, -0.25) is 9.29 Å². The highest BCUT2D eigenvalue weighted by atomic mass is 19.1. The summed E-state index contributed by atoms with van der Waals surface area (Å²) in [7, 11) is 0. The molecule has 2 N–H and O–H groups in total. The predicted octanol–water partition coefficient (Wildman–Crippen LogP) is 5.41. The van der Waals surface area contributed by atoms with Gasteiger partial charge in [-0.2, -0.15) is 0 Å². The Morgan fingerprint density at radius 2 is 1.97 bits per heavy atom. The van der Waals surface area contributed by atoms with Crippen LogP contribution in [0.4, 0.5) is 4.39 Å². The molecule has 4 rings (SSSR count). The van der Waals surface area contributed by atoms with E-state index in [1.54, 1.807) is 12.1 Å². The summed E-state index contributed by atoms with van der Waals surface area (Å²) < 4.78 is 13.5. The summed E-state index contributed by atoms with van der Waals surface area (Å²) in [6.07, 6.45) is 3.59. The van der Waals surface area contributed by atoms with E-state index in [2.05, 4.69) is 35.9 Å². The van der Waals surface area contributed by atoms with Crippen molar-refractivity contribution in [2.24, 2.45) is 5.92 Å². The highest BCUT2D eigenvalue weighted by molar-refractivity contribution is 5.88. The highest BCUT2D eigenvalue weighted by Gasteiger charge is 2.30. The van der Waals surface area contributed by atoms with Crippen molar-refractivity contribution in [2.45, 2.75) is 39.3 Å². The first-order valence-electron chi connectivity index (χ1n) is 10.2. The Bertz CT molecular complexity index is 1030. The van der Waals surface area contributed by atoms with Crippen molar-refractivity contribution in [2.75, 3.05) is 13.2 Å². The number of nitrogens with one attached hydrogen (secondary N) is 1. The third-order valence-corrected chi connectivity index (χ3v) is 6.32. The molecule has 4 nitrogen and oxygen atoms in total. The molecule has 3 aromatic rings. The van der Waals surface area contributed by atoms with Crippen LogP contribution in [0.3, 0.4) is 0 Å². The lowest BCUT2D eigenvalue weighted by Crippen LogP contribution is -2.37. The number of carbonyl (C=O) groups is 1. The Kier molecular flexibility index (Phi) is 5.41. The van der Waals surface area contributed by atoms with Gasteiger partial charge in [0.2, 0.25) is 0 Å². The van der Waals surface area contributed by atoms with Gasteiger partial charge < -0.3 is 10.1 Å². The monoisotopic (exact) mass is 394 g/mol. The summed E-state index contributed by atoms with van der Waals surface area (Å²) in [5.41, 5.74) is 6.32. The SMILES string of the molecule is Cc1cc(C)c2[nH]ccc2c1CN1CCC(CF)C[C@H]1c1ccc(C(=O)O)cc1. The summed E-state index contributed by atoms with van der Waals surface area (Å²) in [6.45, 7) is 5.60. The van der Waals surface area contributed by atoms with Crippen molar-refractivity contribution in [3.05, 3.63) is 70.4 Å². The molecule has 0 bridgehead atoms. The molecule has 1 unspecified atom stereocenters. The molecule has 5 heteroatoms. The number of H-pyrrole nitrogens is 1. The largest absolute Gasteiger partial charge is 0.478 e. The molecular formula is C24H27FN2O2. The minimum absolute atomic E-state index is 0.0572. The highest BCUT2D eigenvalue weighted by Crippen LogP contribution is 2.37. The van der Waals surface area contributed by atoms with Crippen molar-refractivity contribution >= 4 is 16.9 Å². The minimum atomic E-state index is -0.927. The third kappa shape index (κ3) is 3.79. The van der Waals surface area contributed by atoms with Crippen molar-refractivity contribution in [3.63, 3.8) is 0 Å². The predicted molar refractivity (Wildman–Crippen MR) is 113 cm³/mol. The number of aromatic carboxylic acids is 1. The number of aromatic amines is 1. The maximum Gasteiger partial charge on any atom is 0.335 e. The van der Waals surface area contributed by atoms with Gasteiger partial charge in [0.25, 0.3) is 0 Å². The van der Waals surface area contributed by atoms with Crippen LogP contribution in [0.2, 0.25) is 0 Å². The van der Waals surface area contributed by atoms with E-state index in [0.717, 1.165) is 31.5 Å². The zero-order chi connectivity index (χ0) is 20.5. The molecule has 1 saturated heterocycles. The number of alkyl halides is 1. The lowest BCUT2D eigenvalue weighted by Gasteiger charge is -2.39. The van der Waals surface area contributed by atoms with Crippen LogP contribution in [0.25, 0.3) is 10.9 Å². The van der Waals surface area contributed by atoms with Gasteiger partial charge in [0, 0.05) is 29.7 Å². The van der Waals surface area contributed by atoms with E-state index in [0.29, 0.717) is 0 Å². The number of aromatic nitrogens is 1. The molecule has 2 atom stereocenters. The van der Waals surface area contributed by atoms with Gasteiger partial charge in [0.1, 0.15) is 0 Å². The Labute approximate surface area is 170 Å². The molecule has 1 aliphatic rings. The Hall–Kier alpha value is -2.66. The van der Waals surface area contributed by atoms with Gasteiger partial charge in [-0.05, 0) is 79.6 Å². The summed E-state index contributed by atoms with van der Waals surface area (Å²) in [6, 6.07) is 11.5. The fourth-order valence-electron chi connectivity index (χ4n) is 4.67. The standard InChI is InChI=1S/C24H27FN2O2/c1-15-11-16(2)23-20(7-9-26-23)21(15)14-27-10-8-17(13-25)12-22(27)18-3-5-19(6-4-18)24(28)29/h3-7,9,11,17,22,26H,8,10,12-14H2,1-2H3,(H,28,29)/t17?,22-/m0/s1. The van der Waals surface area contributed by atoms with Crippen molar-refractivity contribution in [1.29, 1.82) is 0 Å². The van der Waals surface area contributed by atoms with E-state index in [4.69, 9.17) is 0 Å². The summed E-state index contributed by atoms with van der Waals surface area (Å²) >= 11 is 0. The number of carboxylic acid groups (broad SMARTS) is 1. The summed E-state index contributed by atoms with van der Waals surface area (Å²) in [5, 5.41) is 10.4. The zero-order valence-electron chi connectivity index (χ0n) is 16.9. The molecule has 0 aliphatic carbocycles. The lowest BCUT2D eigenvalue weighted by molar-refractivity contribution is 0.0696. The maximum atomic E-state index is 13.5. The van der Waals surface area contributed by atoms with E-state index >= 15 is 0 Å². The molecule has 0 amide bonds. The topological polar surface area (TPSA) is 56.3 Å². The van der Waals surface area contributed by atoms with E-state index in [-0.39, 0.29) is 24.2 Å². The molecule has 1 fully saturated rings. The first-order valence-corrected chi connectivity index (χ1v) is 10.2. The van der Waals surface area contributed by atoms with Crippen LogP contribution in [-0.2, 0) is 6.54 Å². The summed E-state index contributed by atoms with van der Waals surface area (Å²) in [5.74, 6) is -0.870. The normalized spacial score (nSPS) is 20.2. The molecule has 2 heterocycles. The molecule has 1 aromatic heterocycles. The number of aryl methyl sites for hydroxylation is 2. The second-order valence-corrected chi connectivity index (χ2v) is 8.21. The van der Waals surface area contributed by atoms with Crippen LogP contribution in [0.5, 0.6) is 0 Å². The van der Waals surface area contributed by atoms with Crippen LogP contribution in [-0.4, -0.2) is 34.2 Å². The Morgan fingerprint density at radius 3 is 2.66 bits per heavy atom. The average molecular weight is 394 g/mol. The Morgan fingerprint density at radius 1 is 1.21 bits per heavy atom. The van der Waals surface area contributed by atoms with Gasteiger partial charge in [-0.1, -0.05) is 18.2 Å². The van der Waals surface area contributed by atoms with Crippen LogP contribution >= 0.6 is 0 Å². The van der Waals surface area contributed by atoms with Gasteiger partial charge in [-0.25, -0.2) is 4.79 Å². The lowest BCUT2D eigenvalue weighted by atomic mass is 9.86. The molecular weight excluding hydrogens is 367 g/mol. The van der Waals surface area contributed by atoms with Crippen molar-refractivity contribution < 1.29 is 14.3 Å². The second kappa shape index (κ2) is 7.99. The number of piperidine rings is 1. The number of halogens is 1. The molecule has 0 radical (unpaired) electrons. The smallest absolute Gasteiger partial charge is 0.335 e. The first kappa shape index (κ1) is 19.6. The van der Waals surface area contributed by atoms with E-state index in [1.165, 1.54) is 27.6 Å². The molecule has 152 valence electrons. The molecule has 0 spiro atoms. The third-order valence-electron chi connectivity index (χ3n) is 6.32. The van der Waals surface area contributed by atoms with Crippen LogP contribution in [0.1, 0.15) is 51.5 Å². The van der Waals surface area contributed by atoms with Gasteiger partial charge >= 0.3 is 5.97 Å². The van der Waals surface area contributed by atoms with Gasteiger partial charge in [-0.15, -0.1) is 0 Å². The fourth-order valence-corrected chi connectivity index (χ4v) is 4.67. The molecule has 29 heavy (non-hydrogen) atoms. The minimum Gasteiger partial charge on any atom is -0.478 e. The van der Waals surface area contributed by atoms with Crippen molar-refractivity contribution in [3.8, 4) is 0 Å². The number of fused-ring (bicyclic) bond motifs is 1. The maximum absolute atomic E-state index is 13.5. The number of benzene rings is 2. The van der Waals surface area contributed by atoms with E-state index < -0.39 is 5.97 Å². The van der Waals surface area contributed by atoms with E-state index in [1.807, 2.05) is 18.3 Å². The molecule has 2 aromatic carbocycles. The molecule has 1 aliphatic heterocycles. The number of hydrogen-bond acceptors (Lipinski definition) is 2. The van der Waals surface area contributed by atoms with E-state index in [9.17, 15) is 14.3 Å². The van der Waals surface area contributed by atoms with Gasteiger partial charge in [0.15, 0.2) is 0 Å².